The molecule has 0 spiro atoms. The number of ether oxygens (including phenoxy) is 1. The van der Waals surface area contributed by atoms with Crippen molar-refractivity contribution < 1.29 is 19.4 Å². The molecule has 5 aliphatic rings. The number of H-pyrrole nitrogens is 1. The van der Waals surface area contributed by atoms with E-state index in [1.165, 1.54) is 38.6 Å². The van der Waals surface area contributed by atoms with Gasteiger partial charge in [-0.15, -0.1) is 0 Å². The molecule has 2 aromatic carbocycles. The monoisotopic (exact) mass is 774 g/mol. The van der Waals surface area contributed by atoms with Crippen LogP contribution in [0.3, 0.4) is 0 Å². The molecule has 3 N–H and O–H groups in total. The first-order chi connectivity index (χ1) is 27.8. The number of aliphatic hydroxyl groups is 1. The van der Waals surface area contributed by atoms with Crippen molar-refractivity contribution in [2.45, 2.75) is 95.3 Å². The zero-order valence-corrected chi connectivity index (χ0v) is 32.9. The van der Waals surface area contributed by atoms with Gasteiger partial charge >= 0.3 is 0 Å². The summed E-state index contributed by atoms with van der Waals surface area (Å²) in [5.41, 5.74) is 5.49. The molecule has 0 radical (unpaired) electrons. The molecular weight excluding hydrogens is 721 g/mol. The first kappa shape index (κ1) is 37.5. The lowest BCUT2D eigenvalue weighted by Gasteiger charge is -2.37. The molecule has 2 amide bonds. The molecule has 300 valence electrons. The predicted octanol–water partition coefficient (Wildman–Crippen LogP) is 5.63. The molecule has 2 aliphatic carbocycles. The fraction of sp³-hybridized carbons (Fsp3) is 0.535. The number of hydrogen-bond donors (Lipinski definition) is 3. The fourth-order valence-corrected chi connectivity index (χ4v) is 8.96. The van der Waals surface area contributed by atoms with Crippen molar-refractivity contribution in [1.29, 1.82) is 0 Å². The molecule has 5 aromatic rings. The number of imidazole rings is 1. The van der Waals surface area contributed by atoms with Crippen molar-refractivity contribution in [3.05, 3.63) is 55.1 Å². The average Bonchev–Trinajstić information content (AvgIpc) is 3.58. The Morgan fingerprint density at radius 3 is 2.46 bits per heavy atom. The third-order valence-electron chi connectivity index (χ3n) is 12.6. The van der Waals surface area contributed by atoms with Crippen LogP contribution in [0.15, 0.2) is 55.1 Å². The second kappa shape index (κ2) is 16.0. The molecule has 3 aromatic heterocycles. The van der Waals surface area contributed by atoms with E-state index in [4.69, 9.17) is 4.74 Å². The van der Waals surface area contributed by atoms with Crippen molar-refractivity contribution in [2.75, 3.05) is 55.6 Å². The molecule has 1 unspecified atom stereocenters. The Hall–Kier alpha value is -5.08. The van der Waals surface area contributed by atoms with Gasteiger partial charge in [-0.2, -0.15) is 5.10 Å². The Morgan fingerprint density at radius 1 is 0.877 bits per heavy atom. The number of carbonyl (C=O) groups is 2. The van der Waals surface area contributed by atoms with Crippen LogP contribution in [0.1, 0.15) is 83.6 Å². The van der Waals surface area contributed by atoms with Gasteiger partial charge < -0.3 is 24.2 Å². The summed E-state index contributed by atoms with van der Waals surface area (Å²) in [5, 5.41) is 20.9. The van der Waals surface area contributed by atoms with Crippen molar-refractivity contribution in [1.82, 2.24) is 39.9 Å². The highest BCUT2D eigenvalue weighted by molar-refractivity contribution is 6.00. The van der Waals surface area contributed by atoms with Gasteiger partial charge in [-0.3, -0.25) is 24.9 Å². The van der Waals surface area contributed by atoms with E-state index in [9.17, 15) is 14.7 Å². The summed E-state index contributed by atoms with van der Waals surface area (Å²) in [6.07, 6.45) is 14.8. The van der Waals surface area contributed by atoms with E-state index in [0.717, 1.165) is 121 Å². The van der Waals surface area contributed by atoms with Crippen LogP contribution in [-0.4, -0.2) is 109 Å². The number of imide groups is 1. The number of carbonyl (C=O) groups excluding carboxylic acids is 2. The predicted molar refractivity (Wildman–Crippen MR) is 219 cm³/mol. The lowest BCUT2D eigenvalue weighted by atomic mass is 9.89. The number of hydrogen-bond acceptors (Lipinski definition) is 11. The number of nitrogens with zero attached hydrogens (tertiary/aromatic N) is 8. The zero-order valence-electron chi connectivity index (χ0n) is 32.9. The second-order valence-electron chi connectivity index (χ2n) is 16.9. The van der Waals surface area contributed by atoms with Crippen molar-refractivity contribution in [2.24, 2.45) is 5.92 Å². The van der Waals surface area contributed by atoms with Crippen molar-refractivity contribution >= 4 is 45.3 Å². The smallest absolute Gasteiger partial charge is 0.249 e. The largest absolute Gasteiger partial charge is 0.488 e. The van der Waals surface area contributed by atoms with Crippen LogP contribution in [0, 0.1) is 5.92 Å². The highest BCUT2D eigenvalue weighted by Crippen LogP contribution is 2.41. The number of anilines is 2. The van der Waals surface area contributed by atoms with E-state index in [-0.39, 0.29) is 23.5 Å². The quantitative estimate of drug-likeness (QED) is 0.168. The average molecular weight is 775 g/mol. The van der Waals surface area contributed by atoms with Gasteiger partial charge in [0.25, 0.3) is 0 Å². The summed E-state index contributed by atoms with van der Waals surface area (Å²) in [4.78, 5) is 44.5. The minimum absolute atomic E-state index is 0.00120. The number of benzene rings is 2. The third-order valence-corrected chi connectivity index (χ3v) is 12.6. The van der Waals surface area contributed by atoms with Crippen LogP contribution < -0.4 is 19.9 Å². The van der Waals surface area contributed by atoms with Gasteiger partial charge in [-0.25, -0.2) is 15.0 Å². The van der Waals surface area contributed by atoms with Crippen LogP contribution in [0.5, 0.6) is 5.75 Å². The van der Waals surface area contributed by atoms with E-state index in [0.29, 0.717) is 12.8 Å². The van der Waals surface area contributed by atoms with Crippen LogP contribution in [0.25, 0.3) is 33.3 Å². The number of aliphatic hydroxyl groups excluding tert-OH is 1. The number of piperidine rings is 2. The maximum Gasteiger partial charge on any atom is 0.249 e. The van der Waals surface area contributed by atoms with E-state index in [1.54, 1.807) is 12.7 Å². The highest BCUT2D eigenvalue weighted by atomic mass is 16.5. The van der Waals surface area contributed by atoms with E-state index in [2.05, 4.69) is 64.2 Å². The number of para-hydroxylation sites is 1. The topological polar surface area (TPSA) is 158 Å². The number of fused-ring (bicyclic) bond motifs is 2. The molecule has 14 nitrogen and oxygen atoms in total. The Bertz CT molecular complexity index is 2210. The van der Waals surface area contributed by atoms with Crippen molar-refractivity contribution in [3.8, 4) is 17.1 Å². The Morgan fingerprint density at radius 2 is 1.68 bits per heavy atom. The van der Waals surface area contributed by atoms with Gasteiger partial charge in [0.05, 0.1) is 34.8 Å². The van der Waals surface area contributed by atoms with Gasteiger partial charge in [0.15, 0.2) is 0 Å². The number of aromatic nitrogens is 6. The summed E-state index contributed by atoms with van der Waals surface area (Å²) in [6, 6.07) is 13.8. The standard InChI is InChI=1S/C26H34N6O.C17H20N4O3/c1-26(9-10-26)33-20-7-8-22-21(15-20)25(30-29-22)23-16-24(28-18-27-23)32-13-11-31(12-14-32)17-19-5-3-2-4-6-19;22-11-6-8-20(9-7-11)12-2-1-3-13-16(12)18-10-21(13)14-4-5-15(23)19-17(14)24/h7-8,15-16,18-19H,2-6,9-14,17H2,1H3,(H,29,30);1-3,10-11,14,22H,4-9H2,(H,19,23,24). The Labute approximate surface area is 333 Å². The molecule has 6 heterocycles. The zero-order chi connectivity index (χ0) is 38.9. The van der Waals surface area contributed by atoms with E-state index < -0.39 is 6.04 Å². The summed E-state index contributed by atoms with van der Waals surface area (Å²) in [5.74, 6) is 2.31. The maximum atomic E-state index is 12.2. The molecule has 3 aliphatic heterocycles. The normalized spacial score (nSPS) is 22.0. The Balaban J connectivity index is 0.000000156. The summed E-state index contributed by atoms with van der Waals surface area (Å²) < 4.78 is 8.04. The number of nitrogens with one attached hydrogen (secondary N) is 2. The molecule has 14 heteroatoms. The van der Waals surface area contributed by atoms with Gasteiger partial charge in [-0.05, 0) is 88.1 Å². The lowest BCUT2D eigenvalue weighted by molar-refractivity contribution is -0.135. The fourth-order valence-electron chi connectivity index (χ4n) is 8.96. The first-order valence-electron chi connectivity index (χ1n) is 21.0. The SMILES string of the molecule is CC1(Oc2ccc3[nH]nc(-c4cc(N5CCN(CC6CCCCC6)CC5)ncn4)c3c2)CC1.O=C1CCC(n2cnc3c(N4CCC(O)CC4)cccc32)C(=O)N1. The van der Waals surface area contributed by atoms with Gasteiger partial charge in [0.2, 0.25) is 11.8 Å². The summed E-state index contributed by atoms with van der Waals surface area (Å²) in [6.45, 7) is 9.28. The molecule has 5 fully saturated rings. The van der Waals surface area contributed by atoms with Gasteiger partial charge in [-0.1, -0.05) is 25.3 Å². The highest BCUT2D eigenvalue weighted by Gasteiger charge is 2.40. The van der Waals surface area contributed by atoms with Crippen LogP contribution in [-0.2, 0) is 9.59 Å². The number of amides is 2. The molecule has 0 bridgehead atoms. The Kier molecular flexibility index (Phi) is 10.6. The number of piperazine rings is 1. The molecule has 2 saturated carbocycles. The summed E-state index contributed by atoms with van der Waals surface area (Å²) >= 11 is 0. The molecule has 57 heavy (non-hydrogen) atoms. The number of aromatic amines is 1. The second-order valence-corrected chi connectivity index (χ2v) is 16.9. The molecular formula is C43H54N10O4. The first-order valence-corrected chi connectivity index (χ1v) is 21.0. The van der Waals surface area contributed by atoms with Crippen LogP contribution in [0.2, 0.25) is 0 Å². The lowest BCUT2D eigenvalue weighted by Crippen LogP contribution is -2.48. The maximum absolute atomic E-state index is 12.2. The number of rotatable bonds is 8. The molecule has 10 rings (SSSR count). The summed E-state index contributed by atoms with van der Waals surface area (Å²) in [7, 11) is 0. The van der Waals surface area contributed by atoms with Crippen molar-refractivity contribution in [3.63, 3.8) is 0 Å². The minimum atomic E-state index is -0.397. The van der Waals surface area contributed by atoms with Gasteiger partial charge in [0.1, 0.15) is 40.7 Å². The van der Waals surface area contributed by atoms with Crippen LogP contribution in [0.4, 0.5) is 11.5 Å². The third kappa shape index (κ3) is 8.33. The van der Waals surface area contributed by atoms with E-state index >= 15 is 0 Å². The molecule has 1 atom stereocenters. The van der Waals surface area contributed by atoms with Crippen LogP contribution >= 0.6 is 0 Å². The molecule has 3 saturated heterocycles. The van der Waals surface area contributed by atoms with Gasteiger partial charge in [0, 0.05) is 63.7 Å². The van der Waals surface area contributed by atoms with E-state index in [1.807, 2.05) is 34.9 Å². The minimum Gasteiger partial charge on any atom is -0.488 e.